The second kappa shape index (κ2) is 9.77. The third-order valence-electron chi connectivity index (χ3n) is 4.93. The van der Waals surface area contributed by atoms with Gasteiger partial charge in [-0.15, -0.1) is 11.3 Å². The lowest BCUT2D eigenvalue weighted by Gasteiger charge is -2.17. The monoisotopic (exact) mass is 569 g/mol. The fraction of sp³-hybridized carbons (Fsp3) is 0.286. The van der Waals surface area contributed by atoms with Crippen LogP contribution < -0.4 is 10.5 Å². The zero-order chi connectivity index (χ0) is 23.6. The van der Waals surface area contributed by atoms with E-state index in [-0.39, 0.29) is 16.9 Å². The molecule has 0 aliphatic rings. The SMILES string of the molecule is Cc1nc2ccc(CN(C)c3ccc(C(=O)C(CCC(=O)O)C(=O)O)s3)cc2c(=O)n1I. The fourth-order valence-electron chi connectivity index (χ4n) is 3.24. The molecule has 3 rings (SSSR count). The molecule has 0 saturated heterocycles. The van der Waals surface area contributed by atoms with Crippen LogP contribution in [0.2, 0.25) is 0 Å². The summed E-state index contributed by atoms with van der Waals surface area (Å²) in [5.74, 6) is -3.86. The summed E-state index contributed by atoms with van der Waals surface area (Å²) < 4.78 is 1.47. The van der Waals surface area contributed by atoms with Crippen molar-refractivity contribution in [1.29, 1.82) is 0 Å². The maximum absolute atomic E-state index is 12.6. The van der Waals surface area contributed by atoms with Crippen molar-refractivity contribution in [2.75, 3.05) is 11.9 Å². The van der Waals surface area contributed by atoms with Gasteiger partial charge in [-0.3, -0.25) is 19.2 Å². The quantitative estimate of drug-likeness (QED) is 0.228. The van der Waals surface area contributed by atoms with Crippen LogP contribution in [0.4, 0.5) is 5.00 Å². The number of nitrogens with zero attached hydrogens (tertiary/aromatic N) is 3. The van der Waals surface area contributed by atoms with Gasteiger partial charge in [-0.25, -0.2) is 7.76 Å². The normalized spacial score (nSPS) is 12.0. The summed E-state index contributed by atoms with van der Waals surface area (Å²) in [6, 6.07) is 8.75. The average Bonchev–Trinajstić information content (AvgIpc) is 3.22. The molecule has 0 fully saturated rings. The molecule has 0 spiro atoms. The molecule has 2 N–H and O–H groups in total. The lowest BCUT2D eigenvalue weighted by Crippen LogP contribution is -2.24. The average molecular weight is 569 g/mol. The van der Waals surface area contributed by atoms with E-state index in [0.29, 0.717) is 23.3 Å². The number of rotatable bonds is 9. The van der Waals surface area contributed by atoms with Crippen molar-refractivity contribution in [2.45, 2.75) is 26.3 Å². The van der Waals surface area contributed by atoms with E-state index in [0.717, 1.165) is 21.9 Å². The van der Waals surface area contributed by atoms with Crippen molar-refractivity contribution >= 4 is 67.8 Å². The topological polar surface area (TPSA) is 130 Å². The van der Waals surface area contributed by atoms with Crippen molar-refractivity contribution in [1.82, 2.24) is 7.76 Å². The molecule has 9 nitrogen and oxygen atoms in total. The van der Waals surface area contributed by atoms with Gasteiger partial charge in [0.1, 0.15) is 11.7 Å². The van der Waals surface area contributed by atoms with Gasteiger partial charge in [0.15, 0.2) is 5.78 Å². The number of ketones is 1. The van der Waals surface area contributed by atoms with Gasteiger partial charge in [-0.05, 0) is 43.2 Å². The number of halogens is 1. The molecular weight excluding hydrogens is 549 g/mol. The molecule has 0 aliphatic heterocycles. The summed E-state index contributed by atoms with van der Waals surface area (Å²) in [5.41, 5.74) is 1.37. The zero-order valence-corrected chi connectivity index (χ0v) is 20.2. The number of anilines is 1. The summed E-state index contributed by atoms with van der Waals surface area (Å²) in [5, 5.41) is 19.4. The molecule has 3 aromatic rings. The number of hydrogen-bond acceptors (Lipinski definition) is 7. The first kappa shape index (κ1) is 23.9. The number of carbonyl (C=O) groups excluding carboxylic acids is 1. The number of thiophene rings is 1. The van der Waals surface area contributed by atoms with Gasteiger partial charge in [-0.2, -0.15) is 0 Å². The highest BCUT2D eigenvalue weighted by molar-refractivity contribution is 14.1. The van der Waals surface area contributed by atoms with Gasteiger partial charge in [0.05, 0.1) is 43.6 Å². The summed E-state index contributed by atoms with van der Waals surface area (Å²) in [6.07, 6.45) is -0.651. The predicted molar refractivity (Wildman–Crippen MR) is 129 cm³/mol. The van der Waals surface area contributed by atoms with Gasteiger partial charge < -0.3 is 15.1 Å². The third-order valence-corrected chi connectivity index (χ3v) is 7.28. The van der Waals surface area contributed by atoms with E-state index < -0.39 is 30.1 Å². The van der Waals surface area contributed by atoms with E-state index in [1.807, 2.05) is 40.9 Å². The van der Waals surface area contributed by atoms with E-state index >= 15 is 0 Å². The lowest BCUT2D eigenvalue weighted by molar-refractivity contribution is -0.141. The Morgan fingerprint density at radius 2 is 1.94 bits per heavy atom. The number of Topliss-reactive ketones (excluding diaryl/α,β-unsaturated/α-hetero) is 1. The molecule has 32 heavy (non-hydrogen) atoms. The molecule has 168 valence electrons. The first-order chi connectivity index (χ1) is 15.1. The maximum atomic E-state index is 12.6. The summed E-state index contributed by atoms with van der Waals surface area (Å²) >= 11 is 3.06. The van der Waals surface area contributed by atoms with Crippen molar-refractivity contribution in [3.05, 3.63) is 57.0 Å². The smallest absolute Gasteiger partial charge is 0.314 e. The number of hydrogen-bond donors (Lipinski definition) is 2. The van der Waals surface area contributed by atoms with Crippen molar-refractivity contribution < 1.29 is 24.6 Å². The van der Waals surface area contributed by atoms with Crippen molar-refractivity contribution in [2.24, 2.45) is 5.92 Å². The van der Waals surface area contributed by atoms with Gasteiger partial charge in [-0.1, -0.05) is 6.07 Å². The largest absolute Gasteiger partial charge is 0.481 e. The van der Waals surface area contributed by atoms with Crippen molar-refractivity contribution in [3.63, 3.8) is 0 Å². The molecule has 1 unspecified atom stereocenters. The molecule has 11 heteroatoms. The Kier molecular flexibility index (Phi) is 7.29. The van der Waals surface area contributed by atoms with Gasteiger partial charge in [0.25, 0.3) is 5.56 Å². The molecular formula is C21H20IN3O6S. The second-order valence-electron chi connectivity index (χ2n) is 7.28. The minimum Gasteiger partial charge on any atom is -0.481 e. The molecule has 2 aromatic heterocycles. The molecule has 0 amide bonds. The Bertz CT molecular complexity index is 1270. The van der Waals surface area contributed by atoms with Crippen LogP contribution in [0, 0.1) is 12.8 Å². The first-order valence-electron chi connectivity index (χ1n) is 9.56. The number of aliphatic carboxylic acids is 2. The number of carboxylic acid groups (broad SMARTS) is 2. The molecule has 0 radical (unpaired) electrons. The van der Waals surface area contributed by atoms with E-state index in [1.165, 1.54) is 2.78 Å². The minimum absolute atomic E-state index is 0.136. The number of aryl methyl sites for hydroxylation is 1. The van der Waals surface area contributed by atoms with Crippen LogP contribution in [0.25, 0.3) is 10.9 Å². The number of aromatic nitrogens is 2. The number of fused-ring (bicyclic) bond motifs is 1. The first-order valence-corrected chi connectivity index (χ1v) is 11.3. The Labute approximate surface area is 200 Å². The minimum atomic E-state index is -1.39. The van der Waals surface area contributed by atoms with E-state index in [1.54, 1.807) is 31.2 Å². The Hall–Kier alpha value is -2.80. The van der Waals surface area contributed by atoms with Gasteiger partial charge in [0, 0.05) is 20.0 Å². The fourth-order valence-corrected chi connectivity index (χ4v) is 4.57. The van der Waals surface area contributed by atoms with E-state index in [4.69, 9.17) is 5.11 Å². The molecule has 1 atom stereocenters. The molecule has 0 bridgehead atoms. The zero-order valence-electron chi connectivity index (χ0n) is 17.2. The molecule has 1 aromatic carbocycles. The molecule has 0 saturated carbocycles. The Morgan fingerprint density at radius 3 is 2.59 bits per heavy atom. The lowest BCUT2D eigenvalue weighted by atomic mass is 9.97. The Morgan fingerprint density at radius 1 is 1.22 bits per heavy atom. The third kappa shape index (κ3) is 5.15. The molecule has 0 aliphatic carbocycles. The summed E-state index contributed by atoms with van der Waals surface area (Å²) in [7, 11) is 1.83. The van der Waals surface area contributed by atoms with Crippen LogP contribution in [0.1, 0.15) is 33.9 Å². The summed E-state index contributed by atoms with van der Waals surface area (Å²) in [6.45, 7) is 2.22. The molecule has 2 heterocycles. The predicted octanol–water partition coefficient (Wildman–Crippen LogP) is 3.35. The van der Waals surface area contributed by atoms with Crippen LogP contribution in [-0.4, -0.2) is 42.7 Å². The van der Waals surface area contributed by atoms with Gasteiger partial charge in [0.2, 0.25) is 0 Å². The van der Waals surface area contributed by atoms with Gasteiger partial charge >= 0.3 is 11.9 Å². The van der Waals surface area contributed by atoms with E-state index in [2.05, 4.69) is 4.98 Å². The van der Waals surface area contributed by atoms with Crippen LogP contribution in [0.5, 0.6) is 0 Å². The van der Waals surface area contributed by atoms with Crippen molar-refractivity contribution in [3.8, 4) is 0 Å². The number of carboxylic acids is 2. The number of benzene rings is 1. The second-order valence-corrected chi connectivity index (χ2v) is 9.31. The van der Waals surface area contributed by atoms with Crippen LogP contribution in [0.15, 0.2) is 35.1 Å². The highest BCUT2D eigenvalue weighted by Crippen LogP contribution is 2.29. The van der Waals surface area contributed by atoms with Crippen LogP contribution in [-0.2, 0) is 16.1 Å². The number of carbonyl (C=O) groups is 3. The van der Waals surface area contributed by atoms with Crippen LogP contribution in [0.3, 0.4) is 0 Å². The summed E-state index contributed by atoms with van der Waals surface area (Å²) in [4.78, 5) is 53.9. The highest BCUT2D eigenvalue weighted by Gasteiger charge is 2.29. The Balaban J connectivity index is 1.79. The highest BCUT2D eigenvalue weighted by atomic mass is 127. The standard InChI is InChI=1S/C21H20IN3O6S/c1-11-23-15-5-3-12(9-14(15)20(29)25(11)22)10-24(2)17-7-6-16(32-17)19(28)13(21(30)31)4-8-18(26)27/h3,5-7,9,13H,4,8,10H2,1-2H3,(H,26,27)(H,30,31). The van der Waals surface area contributed by atoms with Crippen LogP contribution >= 0.6 is 34.2 Å². The maximum Gasteiger partial charge on any atom is 0.314 e. The van der Waals surface area contributed by atoms with E-state index in [9.17, 15) is 24.3 Å².